The molecule has 3 heteroatoms. The average molecular weight is 250 g/mol. The van der Waals surface area contributed by atoms with Crippen LogP contribution in [0.2, 0.25) is 0 Å². The van der Waals surface area contributed by atoms with Crippen molar-refractivity contribution in [2.75, 3.05) is 31.1 Å². The number of hydrogen-bond donors (Lipinski definition) is 1. The van der Waals surface area contributed by atoms with Gasteiger partial charge < -0.3 is 10.2 Å². The molecule has 1 unspecified atom stereocenters. The normalized spacial score (nSPS) is 19.8. The number of nitrogens with zero attached hydrogens (tertiary/aromatic N) is 1. The summed E-state index contributed by atoms with van der Waals surface area (Å²) in [4.78, 5) is 2.26. The van der Waals surface area contributed by atoms with Crippen molar-refractivity contribution < 1.29 is 4.39 Å². The largest absolute Gasteiger partial charge is 0.372 e. The molecule has 0 aromatic heterocycles. The predicted octanol–water partition coefficient (Wildman–Crippen LogP) is 3.04. The molecule has 1 aliphatic heterocycles. The molecule has 0 bridgehead atoms. The maximum Gasteiger partial charge on any atom is 0.125 e. The minimum absolute atomic E-state index is 0.148. The molecule has 18 heavy (non-hydrogen) atoms. The van der Waals surface area contributed by atoms with Crippen LogP contribution in [0, 0.1) is 11.7 Å². The van der Waals surface area contributed by atoms with E-state index in [4.69, 9.17) is 0 Å². The fourth-order valence-electron chi connectivity index (χ4n) is 2.65. The third-order valence-electron chi connectivity index (χ3n) is 3.76. The molecule has 0 aliphatic carbocycles. The zero-order valence-corrected chi connectivity index (χ0v) is 11.2. The summed E-state index contributed by atoms with van der Waals surface area (Å²) in [6, 6.07) is 6.91. The fraction of sp³-hybridized carbons (Fsp3) is 0.600. The van der Waals surface area contributed by atoms with E-state index >= 15 is 0 Å². The smallest absolute Gasteiger partial charge is 0.125 e. The summed E-state index contributed by atoms with van der Waals surface area (Å²) in [5.74, 6) is 0.631. The van der Waals surface area contributed by atoms with Gasteiger partial charge in [0.2, 0.25) is 0 Å². The lowest BCUT2D eigenvalue weighted by Crippen LogP contribution is -2.33. The molecule has 0 radical (unpaired) electrons. The van der Waals surface area contributed by atoms with Gasteiger partial charge in [-0.25, -0.2) is 4.39 Å². The van der Waals surface area contributed by atoms with Crippen LogP contribution in [0.25, 0.3) is 0 Å². The van der Waals surface area contributed by atoms with E-state index < -0.39 is 0 Å². The Bertz CT molecular complexity index is 361. The lowest BCUT2D eigenvalue weighted by molar-refractivity contribution is 0.359. The number of piperidine rings is 1. The van der Waals surface area contributed by atoms with Crippen LogP contribution in [0.3, 0.4) is 0 Å². The third-order valence-corrected chi connectivity index (χ3v) is 3.76. The lowest BCUT2D eigenvalue weighted by Gasteiger charge is -2.28. The molecule has 2 rings (SSSR count). The van der Waals surface area contributed by atoms with Gasteiger partial charge in [-0.3, -0.25) is 0 Å². The highest BCUT2D eigenvalue weighted by Crippen LogP contribution is 2.19. The molecule has 0 saturated carbocycles. The first-order valence-corrected chi connectivity index (χ1v) is 7.01. The Morgan fingerprint density at radius 1 is 1.44 bits per heavy atom. The molecule has 1 N–H and O–H groups in total. The van der Waals surface area contributed by atoms with Crippen LogP contribution in [-0.4, -0.2) is 26.2 Å². The van der Waals surface area contributed by atoms with Crippen LogP contribution in [0.1, 0.15) is 26.2 Å². The van der Waals surface area contributed by atoms with Gasteiger partial charge in [-0.15, -0.1) is 0 Å². The van der Waals surface area contributed by atoms with E-state index in [1.807, 2.05) is 6.07 Å². The van der Waals surface area contributed by atoms with Crippen LogP contribution >= 0.6 is 0 Å². The van der Waals surface area contributed by atoms with Crippen LogP contribution in [0.15, 0.2) is 24.3 Å². The van der Waals surface area contributed by atoms with Gasteiger partial charge >= 0.3 is 0 Å². The molecule has 0 spiro atoms. The van der Waals surface area contributed by atoms with Crippen molar-refractivity contribution in [2.24, 2.45) is 5.92 Å². The zero-order valence-electron chi connectivity index (χ0n) is 11.2. The zero-order chi connectivity index (χ0) is 12.8. The number of benzene rings is 1. The molecular weight excluding hydrogens is 227 g/mol. The van der Waals surface area contributed by atoms with Gasteiger partial charge in [-0.1, -0.05) is 6.07 Å². The van der Waals surface area contributed by atoms with Crippen LogP contribution < -0.4 is 10.2 Å². The van der Waals surface area contributed by atoms with E-state index in [1.165, 1.54) is 25.3 Å². The van der Waals surface area contributed by atoms with Crippen molar-refractivity contribution in [3.63, 3.8) is 0 Å². The molecule has 100 valence electrons. The molecular formula is C15H23FN2. The van der Waals surface area contributed by atoms with Crippen LogP contribution in [0.4, 0.5) is 10.1 Å². The van der Waals surface area contributed by atoms with Gasteiger partial charge in [0.15, 0.2) is 0 Å². The van der Waals surface area contributed by atoms with E-state index in [9.17, 15) is 4.39 Å². The topological polar surface area (TPSA) is 15.3 Å². The standard InChI is InChI=1S/C15H23FN2/c1-2-18(15-7-3-6-14(16)11-15)10-8-13-5-4-9-17-12-13/h3,6-7,11,13,17H,2,4-5,8-10,12H2,1H3. The minimum atomic E-state index is -0.148. The summed E-state index contributed by atoms with van der Waals surface area (Å²) in [6.45, 7) is 6.39. The second kappa shape index (κ2) is 6.74. The minimum Gasteiger partial charge on any atom is -0.372 e. The molecule has 1 saturated heterocycles. The Kier molecular flexibility index (Phi) is 5.00. The number of nitrogens with one attached hydrogen (secondary N) is 1. The van der Waals surface area contributed by atoms with Gasteiger partial charge in [-0.2, -0.15) is 0 Å². The van der Waals surface area contributed by atoms with Gasteiger partial charge in [0.1, 0.15) is 5.82 Å². The van der Waals surface area contributed by atoms with Crippen molar-refractivity contribution in [3.05, 3.63) is 30.1 Å². The van der Waals surface area contributed by atoms with Crippen molar-refractivity contribution in [2.45, 2.75) is 26.2 Å². The van der Waals surface area contributed by atoms with E-state index in [-0.39, 0.29) is 5.82 Å². The highest BCUT2D eigenvalue weighted by molar-refractivity contribution is 5.46. The summed E-state index contributed by atoms with van der Waals surface area (Å²) < 4.78 is 13.2. The molecule has 1 aliphatic rings. The monoisotopic (exact) mass is 250 g/mol. The van der Waals surface area contributed by atoms with Crippen molar-refractivity contribution in [1.29, 1.82) is 0 Å². The lowest BCUT2D eigenvalue weighted by atomic mass is 9.96. The Hall–Kier alpha value is -1.09. The number of rotatable bonds is 5. The van der Waals surface area contributed by atoms with Crippen LogP contribution in [-0.2, 0) is 0 Å². The highest BCUT2D eigenvalue weighted by Gasteiger charge is 2.14. The molecule has 1 fully saturated rings. The van der Waals surface area contributed by atoms with E-state index in [2.05, 4.69) is 17.1 Å². The number of hydrogen-bond acceptors (Lipinski definition) is 2. The molecule has 1 heterocycles. The molecule has 1 aromatic rings. The Balaban J connectivity index is 1.88. The summed E-state index contributed by atoms with van der Waals surface area (Å²) in [6.07, 6.45) is 3.81. The van der Waals surface area contributed by atoms with Gasteiger partial charge in [-0.05, 0) is 63.4 Å². The van der Waals surface area contributed by atoms with Gasteiger partial charge in [0.05, 0.1) is 0 Å². The van der Waals surface area contributed by atoms with Crippen molar-refractivity contribution in [3.8, 4) is 0 Å². The first-order chi connectivity index (χ1) is 8.79. The van der Waals surface area contributed by atoms with E-state index in [1.54, 1.807) is 12.1 Å². The van der Waals surface area contributed by atoms with E-state index in [0.717, 1.165) is 37.8 Å². The van der Waals surface area contributed by atoms with Crippen molar-refractivity contribution >= 4 is 5.69 Å². The predicted molar refractivity (Wildman–Crippen MR) is 74.5 cm³/mol. The average Bonchev–Trinajstić information content (AvgIpc) is 2.41. The number of halogens is 1. The van der Waals surface area contributed by atoms with Crippen LogP contribution in [0.5, 0.6) is 0 Å². The molecule has 1 aromatic carbocycles. The molecule has 0 amide bonds. The highest BCUT2D eigenvalue weighted by atomic mass is 19.1. The quantitative estimate of drug-likeness (QED) is 0.864. The second-order valence-corrected chi connectivity index (χ2v) is 5.06. The summed E-state index contributed by atoms with van der Waals surface area (Å²) in [5.41, 5.74) is 1.00. The summed E-state index contributed by atoms with van der Waals surface area (Å²) in [5, 5.41) is 3.45. The van der Waals surface area contributed by atoms with Gasteiger partial charge in [0.25, 0.3) is 0 Å². The third kappa shape index (κ3) is 3.70. The SMILES string of the molecule is CCN(CCC1CCCNC1)c1cccc(F)c1. The molecule has 1 atom stereocenters. The maximum atomic E-state index is 13.2. The Morgan fingerprint density at radius 3 is 3.00 bits per heavy atom. The van der Waals surface area contributed by atoms with E-state index in [0.29, 0.717) is 0 Å². The Labute approximate surface area is 109 Å². The number of anilines is 1. The maximum absolute atomic E-state index is 13.2. The second-order valence-electron chi connectivity index (χ2n) is 5.06. The first-order valence-electron chi connectivity index (χ1n) is 7.01. The van der Waals surface area contributed by atoms with Gasteiger partial charge in [0, 0.05) is 18.8 Å². The Morgan fingerprint density at radius 2 is 2.33 bits per heavy atom. The summed E-state index contributed by atoms with van der Waals surface area (Å²) in [7, 11) is 0. The first kappa shape index (κ1) is 13.3. The summed E-state index contributed by atoms with van der Waals surface area (Å²) >= 11 is 0. The van der Waals surface area contributed by atoms with Crippen molar-refractivity contribution in [1.82, 2.24) is 5.32 Å². The molecule has 2 nitrogen and oxygen atoms in total. The fourth-order valence-corrected chi connectivity index (χ4v) is 2.65.